The molecule has 0 spiro atoms. The maximum Gasteiger partial charge on any atom is 0.306 e. The fraction of sp³-hybridized carbons (Fsp3) is 0.675. The molecule has 1 unspecified atom stereocenters. The lowest BCUT2D eigenvalue weighted by atomic mass is 10.1. The van der Waals surface area contributed by atoms with E-state index in [4.69, 9.17) is 14.2 Å². The Balaban J connectivity index is 4.48. The zero-order valence-corrected chi connectivity index (χ0v) is 54.2. The Morgan fingerprint density at radius 2 is 0.470 bits per heavy atom. The number of rotatable bonds is 62. The summed E-state index contributed by atoms with van der Waals surface area (Å²) in [6.45, 7) is 6.49. The topological polar surface area (TPSA) is 78.9 Å². The first kappa shape index (κ1) is 78.5. The molecule has 0 N–H and O–H groups in total. The Morgan fingerprint density at radius 3 is 0.735 bits per heavy atom. The van der Waals surface area contributed by atoms with Crippen LogP contribution in [0.4, 0.5) is 0 Å². The van der Waals surface area contributed by atoms with Crippen molar-refractivity contribution < 1.29 is 28.6 Å². The van der Waals surface area contributed by atoms with Gasteiger partial charge in [0.05, 0.1) is 0 Å². The van der Waals surface area contributed by atoms with Crippen molar-refractivity contribution in [3.05, 3.63) is 134 Å². The number of ether oxygens (including phenoxy) is 3. The van der Waals surface area contributed by atoms with Gasteiger partial charge in [-0.2, -0.15) is 0 Å². The van der Waals surface area contributed by atoms with Gasteiger partial charge >= 0.3 is 17.9 Å². The van der Waals surface area contributed by atoms with Crippen LogP contribution in [0.2, 0.25) is 0 Å². The highest BCUT2D eigenvalue weighted by molar-refractivity contribution is 5.71. The minimum Gasteiger partial charge on any atom is -0.462 e. The molecule has 0 aromatic heterocycles. The number of carbonyl (C=O) groups is 3. The summed E-state index contributed by atoms with van der Waals surface area (Å²) in [6, 6.07) is 0. The van der Waals surface area contributed by atoms with Crippen molar-refractivity contribution in [3.63, 3.8) is 0 Å². The number of carbonyl (C=O) groups excluding carboxylic acids is 3. The number of esters is 3. The summed E-state index contributed by atoms with van der Waals surface area (Å²) in [6.07, 6.45) is 98.8. The molecule has 0 aliphatic heterocycles. The average Bonchev–Trinajstić information content (AvgIpc) is 3.49. The highest BCUT2D eigenvalue weighted by Crippen LogP contribution is 2.15. The van der Waals surface area contributed by atoms with Crippen LogP contribution in [0.25, 0.3) is 0 Å². The van der Waals surface area contributed by atoms with Gasteiger partial charge in [0.15, 0.2) is 6.10 Å². The molecule has 0 bridgehead atoms. The third-order valence-electron chi connectivity index (χ3n) is 14.6. The van der Waals surface area contributed by atoms with Gasteiger partial charge in [0.2, 0.25) is 0 Å². The Labute approximate surface area is 513 Å². The highest BCUT2D eigenvalue weighted by Gasteiger charge is 2.19. The normalized spacial score (nSPS) is 13.0. The average molecular weight is 1150 g/mol. The molecule has 0 radical (unpaired) electrons. The first-order valence-corrected chi connectivity index (χ1v) is 34.7. The monoisotopic (exact) mass is 1150 g/mol. The van der Waals surface area contributed by atoms with E-state index in [1.54, 1.807) is 0 Å². The van der Waals surface area contributed by atoms with Gasteiger partial charge in [-0.1, -0.05) is 289 Å². The van der Waals surface area contributed by atoms with Crippen LogP contribution in [0.1, 0.15) is 316 Å². The third-order valence-corrected chi connectivity index (χ3v) is 14.6. The molecule has 472 valence electrons. The zero-order valence-electron chi connectivity index (χ0n) is 54.2. The summed E-state index contributed by atoms with van der Waals surface area (Å²) in [4.78, 5) is 38.5. The van der Waals surface area contributed by atoms with E-state index in [0.29, 0.717) is 19.3 Å². The zero-order chi connectivity index (χ0) is 59.9. The van der Waals surface area contributed by atoms with E-state index in [0.717, 1.165) is 154 Å². The summed E-state index contributed by atoms with van der Waals surface area (Å²) < 4.78 is 17.0. The number of hydrogen-bond acceptors (Lipinski definition) is 6. The standard InChI is InChI=1S/C77H128O6/c1-4-7-10-13-16-19-22-25-28-31-34-37-38-41-43-46-49-52-55-58-61-64-67-70-76(79)82-73-74(83-77(80)71-68-65-62-59-56-53-50-47-44-40-36-33-30-27-24-21-18-15-12-9-6-3)72-81-75(78)69-66-63-60-57-54-51-48-45-42-39-35-32-29-26-23-20-17-14-11-8-5-2/h9,12,18,21-23,25-27,30-32,34-36,38,40-42,45,47,50,74H,4-8,10-11,13-17,19-20,24,28-29,33,37,39,43-44,46,48-49,51-73H2,1-3H3/b12-9-,21-18-,25-22-,26-23-,30-27-,34-31-,35-32-,40-36-,41-38-,45-42-,50-47-. The lowest BCUT2D eigenvalue weighted by Gasteiger charge is -2.18. The molecular formula is C77H128O6. The van der Waals surface area contributed by atoms with E-state index in [-0.39, 0.29) is 31.1 Å². The van der Waals surface area contributed by atoms with Crippen LogP contribution in [-0.4, -0.2) is 37.2 Å². The van der Waals surface area contributed by atoms with Crippen molar-refractivity contribution in [1.82, 2.24) is 0 Å². The second-order valence-electron chi connectivity index (χ2n) is 22.7. The molecule has 0 aromatic carbocycles. The predicted octanol–water partition coefficient (Wildman–Crippen LogP) is 24.1. The van der Waals surface area contributed by atoms with Crippen LogP contribution in [0.3, 0.4) is 0 Å². The predicted molar refractivity (Wildman–Crippen MR) is 362 cm³/mol. The number of unbranched alkanes of at least 4 members (excludes halogenated alkanes) is 29. The van der Waals surface area contributed by atoms with Crippen LogP contribution >= 0.6 is 0 Å². The van der Waals surface area contributed by atoms with E-state index in [2.05, 4.69) is 154 Å². The molecule has 0 amide bonds. The van der Waals surface area contributed by atoms with Gasteiger partial charge in [-0.15, -0.1) is 0 Å². The minimum atomic E-state index is -0.805. The van der Waals surface area contributed by atoms with Gasteiger partial charge < -0.3 is 14.2 Å². The molecule has 0 saturated heterocycles. The van der Waals surface area contributed by atoms with Gasteiger partial charge in [-0.05, 0) is 141 Å². The highest BCUT2D eigenvalue weighted by atomic mass is 16.6. The molecule has 83 heavy (non-hydrogen) atoms. The second-order valence-corrected chi connectivity index (χ2v) is 22.7. The van der Waals surface area contributed by atoms with Crippen molar-refractivity contribution in [2.24, 2.45) is 0 Å². The molecule has 0 aliphatic carbocycles. The van der Waals surface area contributed by atoms with Crippen molar-refractivity contribution >= 4 is 17.9 Å². The molecule has 0 fully saturated rings. The van der Waals surface area contributed by atoms with Crippen molar-refractivity contribution in [3.8, 4) is 0 Å². The van der Waals surface area contributed by atoms with Crippen LogP contribution in [0.5, 0.6) is 0 Å². The van der Waals surface area contributed by atoms with Crippen molar-refractivity contribution in [1.29, 1.82) is 0 Å². The first-order chi connectivity index (χ1) is 41.0. The minimum absolute atomic E-state index is 0.0979. The molecule has 0 saturated carbocycles. The first-order valence-electron chi connectivity index (χ1n) is 34.7. The van der Waals surface area contributed by atoms with Gasteiger partial charge in [-0.25, -0.2) is 0 Å². The lowest BCUT2D eigenvalue weighted by molar-refractivity contribution is -0.167. The quantitative estimate of drug-likeness (QED) is 0.0261. The van der Waals surface area contributed by atoms with Crippen LogP contribution < -0.4 is 0 Å². The Bertz CT molecular complexity index is 1750. The van der Waals surface area contributed by atoms with E-state index in [1.165, 1.54) is 122 Å². The Morgan fingerprint density at radius 1 is 0.253 bits per heavy atom. The largest absolute Gasteiger partial charge is 0.462 e. The van der Waals surface area contributed by atoms with Gasteiger partial charge in [-0.3, -0.25) is 14.4 Å². The van der Waals surface area contributed by atoms with E-state index < -0.39 is 6.10 Å². The summed E-state index contributed by atoms with van der Waals surface area (Å²) in [5.41, 5.74) is 0. The maximum atomic E-state index is 13.0. The van der Waals surface area contributed by atoms with Crippen LogP contribution in [0, 0.1) is 0 Å². The molecule has 0 aromatic rings. The van der Waals surface area contributed by atoms with Gasteiger partial charge in [0.25, 0.3) is 0 Å². The van der Waals surface area contributed by atoms with Gasteiger partial charge in [0, 0.05) is 19.3 Å². The molecular weight excluding hydrogens is 1020 g/mol. The summed E-state index contributed by atoms with van der Waals surface area (Å²) >= 11 is 0. The van der Waals surface area contributed by atoms with Gasteiger partial charge in [0.1, 0.15) is 13.2 Å². The fourth-order valence-corrected chi connectivity index (χ4v) is 9.43. The Hall–Kier alpha value is -4.45. The fourth-order valence-electron chi connectivity index (χ4n) is 9.43. The number of hydrogen-bond donors (Lipinski definition) is 0. The molecule has 0 aliphatic rings. The summed E-state index contributed by atoms with van der Waals surface area (Å²) in [5.74, 6) is -0.930. The van der Waals surface area contributed by atoms with E-state index in [9.17, 15) is 14.4 Å². The summed E-state index contributed by atoms with van der Waals surface area (Å²) in [5, 5.41) is 0. The molecule has 6 heteroatoms. The lowest BCUT2D eigenvalue weighted by Crippen LogP contribution is -2.30. The smallest absolute Gasteiger partial charge is 0.306 e. The summed E-state index contributed by atoms with van der Waals surface area (Å²) in [7, 11) is 0. The SMILES string of the molecule is CC/C=C\C/C=C\C/C=C\C/C=C\C/C=C\CCCCCCCC(=O)OC(COC(=O)CCCCCCCC/C=C\C/C=C\C/C=C\CCCCCCC)COC(=O)CCCCCCCCCC/C=C\C/C=C\C/C=C\CCCCCCC. The molecule has 0 heterocycles. The van der Waals surface area contributed by atoms with Crippen molar-refractivity contribution in [2.75, 3.05) is 13.2 Å². The molecule has 6 nitrogen and oxygen atoms in total. The Kier molecular flexibility index (Phi) is 66.3. The van der Waals surface area contributed by atoms with Crippen LogP contribution in [-0.2, 0) is 28.6 Å². The maximum absolute atomic E-state index is 13.0. The molecule has 0 rings (SSSR count). The number of allylic oxidation sites excluding steroid dienone is 22. The van der Waals surface area contributed by atoms with Crippen molar-refractivity contribution in [2.45, 2.75) is 322 Å². The third kappa shape index (κ3) is 68.2. The molecule has 1 atom stereocenters. The second kappa shape index (κ2) is 70.0. The van der Waals surface area contributed by atoms with E-state index >= 15 is 0 Å². The van der Waals surface area contributed by atoms with E-state index in [1.807, 2.05) is 0 Å². The van der Waals surface area contributed by atoms with Crippen LogP contribution in [0.15, 0.2) is 134 Å².